The lowest BCUT2D eigenvalue weighted by atomic mass is 10.1. The molecule has 0 N–H and O–H groups in total. The van der Waals surface area contributed by atoms with Crippen molar-refractivity contribution in [1.82, 2.24) is 4.98 Å². The summed E-state index contributed by atoms with van der Waals surface area (Å²) >= 11 is 0. The van der Waals surface area contributed by atoms with Crippen LogP contribution < -0.4 is 4.74 Å². The monoisotopic (exact) mass is 228 g/mol. The van der Waals surface area contributed by atoms with Gasteiger partial charge in [-0.25, -0.2) is 0 Å². The summed E-state index contributed by atoms with van der Waals surface area (Å²) < 4.78 is 10.4. The van der Waals surface area contributed by atoms with E-state index in [1.54, 1.807) is 19.4 Å². The number of hydrogen-bond donors (Lipinski definition) is 0. The van der Waals surface area contributed by atoms with Crippen LogP contribution in [0.5, 0.6) is 5.75 Å². The lowest BCUT2D eigenvalue weighted by Crippen LogP contribution is -2.04. The van der Waals surface area contributed by atoms with Crippen LogP contribution in [-0.2, 0) is 4.74 Å². The van der Waals surface area contributed by atoms with Crippen LogP contribution in [0.25, 0.3) is 10.9 Å². The highest BCUT2D eigenvalue weighted by molar-refractivity contribution is 5.81. The largest absolute Gasteiger partial charge is 0.491 e. The summed E-state index contributed by atoms with van der Waals surface area (Å²) in [7, 11) is 1.63. The molecule has 1 heterocycles. The third-order valence-electron chi connectivity index (χ3n) is 2.34. The normalized spacial score (nSPS) is 10.1. The van der Waals surface area contributed by atoms with Crippen LogP contribution in [0.3, 0.4) is 0 Å². The second-order valence-corrected chi connectivity index (χ2v) is 3.53. The fraction of sp³-hybridized carbons (Fsp3) is 0.231. The third-order valence-corrected chi connectivity index (χ3v) is 2.34. The number of pyridine rings is 1. The second kappa shape index (κ2) is 5.28. The summed E-state index contributed by atoms with van der Waals surface area (Å²) in [5.74, 6) is 0.756. The zero-order chi connectivity index (χ0) is 12.1. The molecule has 0 radical (unpaired) electrons. The van der Waals surface area contributed by atoms with Gasteiger partial charge in [-0.05, 0) is 18.2 Å². The first-order valence-corrected chi connectivity index (χ1v) is 5.25. The Hall–Kier alpha value is -2.12. The quantitative estimate of drug-likeness (QED) is 0.752. The van der Waals surface area contributed by atoms with Gasteiger partial charge in [0.1, 0.15) is 18.4 Å². The minimum absolute atomic E-state index is 0.512. The number of nitrogens with zero attached hydrogens (tertiary/aromatic N) is 2. The molecule has 0 saturated heterocycles. The van der Waals surface area contributed by atoms with Crippen molar-refractivity contribution >= 4 is 10.9 Å². The fourth-order valence-electron chi connectivity index (χ4n) is 1.50. The number of benzene rings is 1. The molecule has 0 aliphatic carbocycles. The van der Waals surface area contributed by atoms with Gasteiger partial charge in [-0.3, -0.25) is 4.98 Å². The van der Waals surface area contributed by atoms with Gasteiger partial charge >= 0.3 is 0 Å². The van der Waals surface area contributed by atoms with E-state index in [1.165, 1.54) is 0 Å². The van der Waals surface area contributed by atoms with Crippen LogP contribution in [0.2, 0.25) is 0 Å². The lowest BCUT2D eigenvalue weighted by Gasteiger charge is -2.06. The summed E-state index contributed by atoms with van der Waals surface area (Å²) in [5, 5.41) is 9.70. The SMILES string of the molecule is COCCOc1ccc2cc(C#N)cnc2c1. The average Bonchev–Trinajstić information content (AvgIpc) is 2.38. The van der Waals surface area contributed by atoms with Gasteiger partial charge in [0.05, 0.1) is 17.7 Å². The van der Waals surface area contributed by atoms with E-state index >= 15 is 0 Å². The highest BCUT2D eigenvalue weighted by Crippen LogP contribution is 2.19. The van der Waals surface area contributed by atoms with Crippen LogP contribution >= 0.6 is 0 Å². The van der Waals surface area contributed by atoms with Gasteiger partial charge in [-0.15, -0.1) is 0 Å². The molecule has 4 heteroatoms. The zero-order valence-corrected chi connectivity index (χ0v) is 9.51. The van der Waals surface area contributed by atoms with Gasteiger partial charge < -0.3 is 9.47 Å². The predicted molar refractivity (Wildman–Crippen MR) is 63.8 cm³/mol. The molecule has 0 bridgehead atoms. The molecule has 0 aliphatic heterocycles. The summed E-state index contributed by atoms with van der Waals surface area (Å²) in [6, 6.07) is 9.48. The van der Waals surface area contributed by atoms with E-state index in [2.05, 4.69) is 11.1 Å². The minimum Gasteiger partial charge on any atom is -0.491 e. The van der Waals surface area contributed by atoms with Gasteiger partial charge in [0.15, 0.2) is 0 Å². The second-order valence-electron chi connectivity index (χ2n) is 3.53. The molecule has 0 atom stereocenters. The van der Waals surface area contributed by atoms with Crippen molar-refractivity contribution in [2.75, 3.05) is 20.3 Å². The number of aromatic nitrogens is 1. The first kappa shape index (κ1) is 11.4. The molecule has 1 aromatic heterocycles. The number of rotatable bonds is 4. The summed E-state index contributed by atoms with van der Waals surface area (Å²) in [4.78, 5) is 4.21. The van der Waals surface area contributed by atoms with E-state index in [-0.39, 0.29) is 0 Å². The van der Waals surface area contributed by atoms with Crippen LogP contribution in [0.1, 0.15) is 5.56 Å². The van der Waals surface area contributed by atoms with Crippen molar-refractivity contribution in [3.05, 3.63) is 36.0 Å². The standard InChI is InChI=1S/C13H12N2O2/c1-16-4-5-17-12-3-2-11-6-10(8-14)9-15-13(11)7-12/h2-3,6-7,9H,4-5H2,1H3. The highest BCUT2D eigenvalue weighted by Gasteiger charge is 2.00. The first-order chi connectivity index (χ1) is 8.33. The van der Waals surface area contributed by atoms with Crippen molar-refractivity contribution in [1.29, 1.82) is 5.26 Å². The Morgan fingerprint density at radius 2 is 2.18 bits per heavy atom. The molecule has 17 heavy (non-hydrogen) atoms. The first-order valence-electron chi connectivity index (χ1n) is 5.25. The molecule has 0 amide bonds. The van der Waals surface area contributed by atoms with Gasteiger partial charge in [0.25, 0.3) is 0 Å². The number of ether oxygens (including phenoxy) is 2. The van der Waals surface area contributed by atoms with Crippen molar-refractivity contribution in [2.24, 2.45) is 0 Å². The van der Waals surface area contributed by atoms with Crippen LogP contribution in [0.4, 0.5) is 0 Å². The maximum absolute atomic E-state index is 8.77. The molecule has 2 aromatic rings. The maximum atomic E-state index is 8.77. The van der Waals surface area contributed by atoms with Gasteiger partial charge in [0, 0.05) is 24.8 Å². The van der Waals surface area contributed by atoms with Crippen LogP contribution in [0, 0.1) is 11.3 Å². The molecular weight excluding hydrogens is 216 g/mol. The highest BCUT2D eigenvalue weighted by atomic mass is 16.5. The summed E-state index contributed by atoms with van der Waals surface area (Å²) in [5.41, 5.74) is 1.38. The molecular formula is C13H12N2O2. The molecule has 4 nitrogen and oxygen atoms in total. The zero-order valence-electron chi connectivity index (χ0n) is 9.51. The van der Waals surface area contributed by atoms with Crippen molar-refractivity contribution < 1.29 is 9.47 Å². The maximum Gasteiger partial charge on any atom is 0.121 e. The van der Waals surface area contributed by atoms with E-state index in [9.17, 15) is 0 Å². The summed E-state index contributed by atoms with van der Waals surface area (Å²) in [6.07, 6.45) is 1.56. The molecule has 0 fully saturated rings. The molecule has 0 saturated carbocycles. The molecule has 1 aromatic carbocycles. The van der Waals surface area contributed by atoms with Gasteiger partial charge in [0.2, 0.25) is 0 Å². The minimum atomic E-state index is 0.512. The predicted octanol–water partition coefficient (Wildman–Crippen LogP) is 2.13. The Morgan fingerprint density at radius 1 is 1.29 bits per heavy atom. The lowest BCUT2D eigenvalue weighted by molar-refractivity contribution is 0.146. The Morgan fingerprint density at radius 3 is 2.94 bits per heavy atom. The van der Waals surface area contributed by atoms with Gasteiger partial charge in [-0.2, -0.15) is 5.26 Å². The van der Waals surface area contributed by atoms with E-state index < -0.39 is 0 Å². The van der Waals surface area contributed by atoms with Crippen molar-refractivity contribution in [3.63, 3.8) is 0 Å². The smallest absolute Gasteiger partial charge is 0.121 e. The number of methoxy groups -OCH3 is 1. The summed E-state index contributed by atoms with van der Waals surface area (Å²) in [6.45, 7) is 1.07. The van der Waals surface area contributed by atoms with Crippen LogP contribution in [0.15, 0.2) is 30.5 Å². The van der Waals surface area contributed by atoms with E-state index in [4.69, 9.17) is 14.7 Å². The Labute approximate surface area is 99.4 Å². The molecule has 0 unspecified atom stereocenters. The number of hydrogen-bond acceptors (Lipinski definition) is 4. The van der Waals surface area contributed by atoms with E-state index in [1.807, 2.05) is 18.2 Å². The van der Waals surface area contributed by atoms with Crippen molar-refractivity contribution in [2.45, 2.75) is 0 Å². The Balaban J connectivity index is 2.23. The van der Waals surface area contributed by atoms with Crippen molar-refractivity contribution in [3.8, 4) is 11.8 Å². The fourth-order valence-corrected chi connectivity index (χ4v) is 1.50. The Bertz CT molecular complexity index is 561. The molecule has 0 spiro atoms. The van der Waals surface area contributed by atoms with Crippen LogP contribution in [-0.4, -0.2) is 25.3 Å². The molecule has 86 valence electrons. The van der Waals surface area contributed by atoms with E-state index in [0.717, 1.165) is 16.7 Å². The third kappa shape index (κ3) is 2.71. The van der Waals surface area contributed by atoms with E-state index in [0.29, 0.717) is 18.8 Å². The molecule has 2 rings (SSSR count). The topological polar surface area (TPSA) is 55.1 Å². The number of nitriles is 1. The Kier molecular flexibility index (Phi) is 3.53. The average molecular weight is 228 g/mol. The van der Waals surface area contributed by atoms with Gasteiger partial charge in [-0.1, -0.05) is 0 Å². The number of fused-ring (bicyclic) bond motifs is 1. The molecule has 0 aliphatic rings.